The summed E-state index contributed by atoms with van der Waals surface area (Å²) < 4.78 is 7.31. The largest absolute Gasteiger partial charge is 0.492 e. The number of urea groups is 1. The van der Waals surface area contributed by atoms with Crippen molar-refractivity contribution < 1.29 is 9.53 Å². The summed E-state index contributed by atoms with van der Waals surface area (Å²) in [5.74, 6) is 0.660. The van der Waals surface area contributed by atoms with E-state index in [0.29, 0.717) is 31.1 Å². The minimum atomic E-state index is -0.266. The molecule has 25 heavy (non-hydrogen) atoms. The lowest BCUT2D eigenvalue weighted by molar-refractivity contribution is 0.251. The molecule has 0 spiro atoms. The van der Waals surface area contributed by atoms with Gasteiger partial charge >= 0.3 is 6.03 Å². The van der Waals surface area contributed by atoms with Gasteiger partial charge in [-0.3, -0.25) is 4.68 Å². The van der Waals surface area contributed by atoms with E-state index in [9.17, 15) is 4.79 Å². The maximum atomic E-state index is 12.0. The number of carbonyl (C=O) groups is 1. The van der Waals surface area contributed by atoms with Crippen molar-refractivity contribution in [1.29, 1.82) is 0 Å². The summed E-state index contributed by atoms with van der Waals surface area (Å²) in [6, 6.07) is 11.1. The van der Waals surface area contributed by atoms with Crippen molar-refractivity contribution in [3.8, 4) is 17.0 Å². The smallest absolute Gasteiger partial charge is 0.319 e. The first-order valence-electron chi connectivity index (χ1n) is 8.09. The van der Waals surface area contributed by atoms with E-state index in [-0.39, 0.29) is 6.03 Å². The van der Waals surface area contributed by atoms with Gasteiger partial charge in [0.2, 0.25) is 0 Å². The van der Waals surface area contributed by atoms with Gasteiger partial charge in [-0.05, 0) is 36.6 Å². The van der Waals surface area contributed by atoms with E-state index >= 15 is 0 Å². The highest BCUT2D eigenvalue weighted by atomic mass is 32.1. The molecule has 2 N–H and O–H groups in total. The first kappa shape index (κ1) is 17.0. The molecule has 2 heterocycles. The molecule has 0 saturated heterocycles. The molecule has 0 radical (unpaired) electrons. The Kier molecular flexibility index (Phi) is 5.69. The average molecular weight is 356 g/mol. The summed E-state index contributed by atoms with van der Waals surface area (Å²) >= 11 is 1.65. The van der Waals surface area contributed by atoms with Crippen LogP contribution >= 0.6 is 11.3 Å². The molecule has 0 unspecified atom stereocenters. The lowest BCUT2D eigenvalue weighted by atomic mass is 10.2. The predicted molar refractivity (Wildman–Crippen MR) is 100 cm³/mol. The van der Waals surface area contributed by atoms with Crippen LogP contribution in [0.1, 0.15) is 6.92 Å². The van der Waals surface area contributed by atoms with Crippen LogP contribution in [0.15, 0.2) is 53.4 Å². The van der Waals surface area contributed by atoms with E-state index in [1.54, 1.807) is 11.3 Å². The van der Waals surface area contributed by atoms with Gasteiger partial charge in [0.05, 0.1) is 24.5 Å². The molecule has 0 bridgehead atoms. The topological polar surface area (TPSA) is 68.2 Å². The quantitative estimate of drug-likeness (QED) is 0.676. The van der Waals surface area contributed by atoms with Gasteiger partial charge in [0.1, 0.15) is 5.75 Å². The third-order valence-corrected chi connectivity index (χ3v) is 4.20. The Morgan fingerprint density at radius 1 is 1.28 bits per heavy atom. The van der Waals surface area contributed by atoms with Gasteiger partial charge < -0.3 is 15.4 Å². The van der Waals surface area contributed by atoms with Gasteiger partial charge in [0.15, 0.2) is 0 Å². The molecule has 3 aromatic rings. The Morgan fingerprint density at radius 3 is 2.96 bits per heavy atom. The van der Waals surface area contributed by atoms with Crippen molar-refractivity contribution in [3.63, 3.8) is 0 Å². The van der Waals surface area contributed by atoms with Crippen LogP contribution in [0.5, 0.6) is 5.75 Å². The Labute approximate surface area is 150 Å². The maximum Gasteiger partial charge on any atom is 0.319 e. The Bertz CT molecular complexity index is 814. The Balaban J connectivity index is 1.48. The molecule has 130 valence electrons. The first-order chi connectivity index (χ1) is 12.3. The third-order valence-electron chi connectivity index (χ3n) is 3.52. The molecule has 7 heteroatoms. The van der Waals surface area contributed by atoms with Crippen LogP contribution in [0, 0.1) is 0 Å². The molecule has 0 aliphatic rings. The van der Waals surface area contributed by atoms with Crippen LogP contribution in [0.4, 0.5) is 10.5 Å². The lowest BCUT2D eigenvalue weighted by Gasteiger charge is -2.12. The number of hydrogen-bond donors (Lipinski definition) is 2. The second-order valence-electron chi connectivity index (χ2n) is 5.29. The number of carbonyl (C=O) groups excluding carboxylic acids is 1. The zero-order chi connectivity index (χ0) is 17.5. The fourth-order valence-electron chi connectivity index (χ4n) is 2.35. The Morgan fingerprint density at radius 2 is 2.16 bits per heavy atom. The first-order valence-corrected chi connectivity index (χ1v) is 9.03. The van der Waals surface area contributed by atoms with Crippen molar-refractivity contribution in [2.24, 2.45) is 0 Å². The van der Waals surface area contributed by atoms with E-state index in [1.165, 1.54) is 0 Å². The van der Waals surface area contributed by atoms with Gasteiger partial charge in [0.25, 0.3) is 0 Å². The van der Waals surface area contributed by atoms with Crippen LogP contribution in [0.3, 0.4) is 0 Å². The summed E-state index contributed by atoms with van der Waals surface area (Å²) in [5, 5.41) is 14.2. The Hall–Kier alpha value is -2.80. The van der Waals surface area contributed by atoms with E-state index in [1.807, 2.05) is 59.6 Å². The monoisotopic (exact) mass is 356 g/mol. The van der Waals surface area contributed by atoms with Gasteiger partial charge in [-0.1, -0.05) is 12.1 Å². The minimum Gasteiger partial charge on any atom is -0.492 e. The molecule has 0 aliphatic carbocycles. The molecule has 1 aromatic carbocycles. The number of benzene rings is 1. The number of thiophene rings is 1. The summed E-state index contributed by atoms with van der Waals surface area (Å²) in [6.45, 7) is 3.54. The average Bonchev–Trinajstić information content (AvgIpc) is 3.28. The SMILES string of the molecule is CCOc1ccccc1NC(=O)NCCn1ccc(-c2ccsc2)n1. The molecule has 0 aliphatic heterocycles. The second-order valence-corrected chi connectivity index (χ2v) is 6.07. The van der Waals surface area contributed by atoms with E-state index in [0.717, 1.165) is 11.3 Å². The molecular weight excluding hydrogens is 336 g/mol. The highest BCUT2D eigenvalue weighted by molar-refractivity contribution is 7.08. The third kappa shape index (κ3) is 4.60. The zero-order valence-electron chi connectivity index (χ0n) is 13.9. The molecule has 0 saturated carbocycles. The standard InChI is InChI=1S/C18H20N4O2S/c1-2-24-17-6-4-3-5-16(17)20-18(23)19-9-11-22-10-7-15(21-22)14-8-12-25-13-14/h3-8,10,12-13H,2,9,11H2,1H3,(H2,19,20,23). The van der Waals surface area contributed by atoms with Gasteiger partial charge in [-0.2, -0.15) is 16.4 Å². The molecule has 2 amide bonds. The van der Waals surface area contributed by atoms with Crippen LogP contribution < -0.4 is 15.4 Å². The van der Waals surface area contributed by atoms with Crippen LogP contribution in [0.25, 0.3) is 11.3 Å². The fourth-order valence-corrected chi connectivity index (χ4v) is 3.00. The predicted octanol–water partition coefficient (Wildman–Crippen LogP) is 3.83. The molecule has 0 atom stereocenters. The molecule has 2 aromatic heterocycles. The molecule has 0 fully saturated rings. The summed E-state index contributed by atoms with van der Waals surface area (Å²) in [4.78, 5) is 12.0. The number of aromatic nitrogens is 2. The second kappa shape index (κ2) is 8.34. The molecule has 6 nitrogen and oxygen atoms in total. The van der Waals surface area contributed by atoms with E-state index in [4.69, 9.17) is 4.74 Å². The molecular formula is C18H20N4O2S. The lowest BCUT2D eigenvalue weighted by Crippen LogP contribution is -2.31. The van der Waals surface area contributed by atoms with E-state index in [2.05, 4.69) is 21.1 Å². The maximum absolute atomic E-state index is 12.0. The van der Waals surface area contributed by atoms with Crippen LogP contribution in [-0.2, 0) is 6.54 Å². The molecule has 3 rings (SSSR count). The van der Waals surface area contributed by atoms with Crippen molar-refractivity contribution in [2.75, 3.05) is 18.5 Å². The number of ether oxygens (including phenoxy) is 1. The number of hydrogen-bond acceptors (Lipinski definition) is 4. The van der Waals surface area contributed by atoms with Crippen molar-refractivity contribution in [2.45, 2.75) is 13.5 Å². The van der Waals surface area contributed by atoms with Gasteiger partial charge in [-0.15, -0.1) is 0 Å². The minimum absolute atomic E-state index is 0.266. The normalized spacial score (nSPS) is 10.4. The summed E-state index contributed by atoms with van der Waals surface area (Å²) in [6.07, 6.45) is 1.91. The number of amides is 2. The fraction of sp³-hybridized carbons (Fsp3) is 0.222. The van der Waals surface area contributed by atoms with Crippen molar-refractivity contribution >= 4 is 23.1 Å². The summed E-state index contributed by atoms with van der Waals surface area (Å²) in [5.41, 5.74) is 2.71. The van der Waals surface area contributed by atoms with Crippen LogP contribution in [0.2, 0.25) is 0 Å². The number of nitrogens with one attached hydrogen (secondary N) is 2. The highest BCUT2D eigenvalue weighted by Gasteiger charge is 2.07. The van der Waals surface area contributed by atoms with E-state index < -0.39 is 0 Å². The van der Waals surface area contributed by atoms with Crippen LogP contribution in [-0.4, -0.2) is 29.0 Å². The van der Waals surface area contributed by atoms with Crippen molar-refractivity contribution in [1.82, 2.24) is 15.1 Å². The number of rotatable bonds is 7. The highest BCUT2D eigenvalue weighted by Crippen LogP contribution is 2.23. The number of nitrogens with zero attached hydrogens (tertiary/aromatic N) is 2. The van der Waals surface area contributed by atoms with Gasteiger partial charge in [-0.25, -0.2) is 4.79 Å². The summed E-state index contributed by atoms with van der Waals surface area (Å²) in [7, 11) is 0. The number of para-hydroxylation sites is 2. The van der Waals surface area contributed by atoms with Crippen molar-refractivity contribution in [3.05, 3.63) is 53.4 Å². The van der Waals surface area contributed by atoms with Gasteiger partial charge in [0, 0.05) is 23.7 Å². The number of anilines is 1. The zero-order valence-corrected chi connectivity index (χ0v) is 14.8.